The van der Waals surface area contributed by atoms with E-state index in [1.165, 1.54) is 6.20 Å². The van der Waals surface area contributed by atoms with Crippen molar-refractivity contribution in [1.29, 1.82) is 0 Å². The standard InChI is InChI=1S/C16H19N5O/c1-17-15-6-2-5-13(20-15)12-4-3-9-21(11-12)16(22)14-10-18-7-8-19-14/h2,5-8,10,12H,3-4,9,11H2,1H3,(H,17,20)/t12-/m1/s1. The topological polar surface area (TPSA) is 71.0 Å². The lowest BCUT2D eigenvalue weighted by atomic mass is 9.94. The minimum Gasteiger partial charge on any atom is -0.373 e. The number of nitrogens with one attached hydrogen (secondary N) is 1. The van der Waals surface area contributed by atoms with Gasteiger partial charge in [-0.05, 0) is 25.0 Å². The molecule has 1 aliphatic heterocycles. The van der Waals surface area contributed by atoms with Crippen LogP contribution in [0.15, 0.2) is 36.8 Å². The number of nitrogens with zero attached hydrogens (tertiary/aromatic N) is 4. The fourth-order valence-corrected chi connectivity index (χ4v) is 2.79. The molecule has 6 nitrogen and oxygen atoms in total. The third-order valence-electron chi connectivity index (χ3n) is 3.94. The van der Waals surface area contributed by atoms with Gasteiger partial charge in [0.25, 0.3) is 5.91 Å². The predicted molar refractivity (Wildman–Crippen MR) is 83.7 cm³/mol. The number of amides is 1. The number of carbonyl (C=O) groups excluding carboxylic acids is 1. The summed E-state index contributed by atoms with van der Waals surface area (Å²) in [4.78, 5) is 27.0. The van der Waals surface area contributed by atoms with Crippen LogP contribution < -0.4 is 5.32 Å². The van der Waals surface area contributed by atoms with E-state index in [4.69, 9.17) is 0 Å². The van der Waals surface area contributed by atoms with Crippen molar-refractivity contribution in [3.8, 4) is 0 Å². The van der Waals surface area contributed by atoms with Gasteiger partial charge in [0.05, 0.1) is 6.20 Å². The molecular weight excluding hydrogens is 278 g/mol. The van der Waals surface area contributed by atoms with Gasteiger partial charge in [0.15, 0.2) is 0 Å². The van der Waals surface area contributed by atoms with Crippen LogP contribution in [0.25, 0.3) is 0 Å². The molecule has 2 aromatic heterocycles. The van der Waals surface area contributed by atoms with Crippen LogP contribution in [0.3, 0.4) is 0 Å². The zero-order valence-corrected chi connectivity index (χ0v) is 12.6. The highest BCUT2D eigenvalue weighted by atomic mass is 16.2. The number of piperidine rings is 1. The molecule has 0 aromatic carbocycles. The molecule has 2 aromatic rings. The van der Waals surface area contributed by atoms with Gasteiger partial charge in [-0.1, -0.05) is 6.07 Å². The van der Waals surface area contributed by atoms with Gasteiger partial charge >= 0.3 is 0 Å². The molecule has 0 radical (unpaired) electrons. The molecule has 1 atom stereocenters. The molecule has 0 aliphatic carbocycles. The van der Waals surface area contributed by atoms with Crippen molar-refractivity contribution in [2.75, 3.05) is 25.5 Å². The highest BCUT2D eigenvalue weighted by Gasteiger charge is 2.27. The van der Waals surface area contributed by atoms with Gasteiger partial charge in [-0.15, -0.1) is 0 Å². The zero-order valence-electron chi connectivity index (χ0n) is 12.6. The largest absolute Gasteiger partial charge is 0.373 e. The number of pyridine rings is 1. The van der Waals surface area contributed by atoms with Crippen LogP contribution >= 0.6 is 0 Å². The van der Waals surface area contributed by atoms with Crippen molar-refractivity contribution in [1.82, 2.24) is 19.9 Å². The van der Waals surface area contributed by atoms with Gasteiger partial charge in [-0.3, -0.25) is 9.78 Å². The molecule has 1 saturated heterocycles. The lowest BCUT2D eigenvalue weighted by molar-refractivity contribution is 0.0699. The highest BCUT2D eigenvalue weighted by Crippen LogP contribution is 2.27. The third-order valence-corrected chi connectivity index (χ3v) is 3.94. The van der Waals surface area contributed by atoms with Crippen LogP contribution in [-0.4, -0.2) is 45.9 Å². The zero-order chi connectivity index (χ0) is 15.4. The molecule has 1 fully saturated rings. The van der Waals surface area contributed by atoms with Crippen molar-refractivity contribution in [3.63, 3.8) is 0 Å². The first-order valence-electron chi connectivity index (χ1n) is 7.48. The summed E-state index contributed by atoms with van der Waals surface area (Å²) >= 11 is 0. The molecule has 22 heavy (non-hydrogen) atoms. The van der Waals surface area contributed by atoms with Crippen LogP contribution in [0.5, 0.6) is 0 Å². The Morgan fingerprint density at radius 1 is 1.36 bits per heavy atom. The molecule has 3 heterocycles. The minimum atomic E-state index is -0.0532. The summed E-state index contributed by atoms with van der Waals surface area (Å²) < 4.78 is 0. The van der Waals surface area contributed by atoms with Gasteiger partial charge in [0, 0.05) is 44.1 Å². The lowest BCUT2D eigenvalue weighted by Gasteiger charge is -2.32. The summed E-state index contributed by atoms with van der Waals surface area (Å²) in [6.07, 6.45) is 6.66. The van der Waals surface area contributed by atoms with E-state index in [9.17, 15) is 4.79 Å². The SMILES string of the molecule is CNc1cccc([C@@H]2CCCN(C(=O)c3cnccn3)C2)n1. The first-order valence-corrected chi connectivity index (χ1v) is 7.48. The maximum Gasteiger partial charge on any atom is 0.274 e. The van der Waals surface area contributed by atoms with E-state index in [1.54, 1.807) is 12.4 Å². The number of carbonyl (C=O) groups is 1. The van der Waals surface area contributed by atoms with Crippen molar-refractivity contribution >= 4 is 11.7 Å². The van der Waals surface area contributed by atoms with Gasteiger partial charge in [-0.2, -0.15) is 0 Å². The molecular formula is C16H19N5O. The second kappa shape index (κ2) is 6.51. The van der Waals surface area contributed by atoms with Crippen molar-refractivity contribution < 1.29 is 4.79 Å². The summed E-state index contributed by atoms with van der Waals surface area (Å²) in [6, 6.07) is 5.97. The molecule has 0 spiro atoms. The fourth-order valence-electron chi connectivity index (χ4n) is 2.79. The molecule has 0 unspecified atom stereocenters. The smallest absolute Gasteiger partial charge is 0.274 e. The summed E-state index contributed by atoms with van der Waals surface area (Å²) in [6.45, 7) is 1.44. The Labute approximate surface area is 129 Å². The van der Waals surface area contributed by atoms with E-state index in [2.05, 4.69) is 20.3 Å². The Hall–Kier alpha value is -2.50. The average molecular weight is 297 g/mol. The summed E-state index contributed by atoms with van der Waals surface area (Å²) in [5.74, 6) is 1.07. The number of hydrogen-bond acceptors (Lipinski definition) is 5. The Kier molecular flexibility index (Phi) is 4.27. The average Bonchev–Trinajstić information content (AvgIpc) is 2.62. The van der Waals surface area contributed by atoms with Crippen molar-refractivity contribution in [2.45, 2.75) is 18.8 Å². The van der Waals surface area contributed by atoms with Crippen LogP contribution in [0.4, 0.5) is 5.82 Å². The Balaban J connectivity index is 1.75. The van der Waals surface area contributed by atoms with Gasteiger partial charge in [-0.25, -0.2) is 9.97 Å². The molecule has 0 bridgehead atoms. The molecule has 1 aliphatic rings. The lowest BCUT2D eigenvalue weighted by Crippen LogP contribution is -2.39. The minimum absolute atomic E-state index is 0.0532. The fraction of sp³-hybridized carbons (Fsp3) is 0.375. The molecule has 114 valence electrons. The van der Waals surface area contributed by atoms with E-state index < -0.39 is 0 Å². The Bertz CT molecular complexity index is 646. The Morgan fingerprint density at radius 3 is 3.05 bits per heavy atom. The van der Waals surface area contributed by atoms with Gasteiger partial charge in [0.2, 0.25) is 0 Å². The normalized spacial score (nSPS) is 18.0. The summed E-state index contributed by atoms with van der Waals surface area (Å²) in [5, 5.41) is 3.06. The highest BCUT2D eigenvalue weighted by molar-refractivity contribution is 5.92. The molecule has 1 amide bonds. The molecule has 3 rings (SSSR count). The van der Waals surface area contributed by atoms with Crippen LogP contribution in [0.2, 0.25) is 0 Å². The van der Waals surface area contributed by atoms with E-state index >= 15 is 0 Å². The second-order valence-corrected chi connectivity index (χ2v) is 5.38. The van der Waals surface area contributed by atoms with E-state index in [0.717, 1.165) is 30.9 Å². The van der Waals surface area contributed by atoms with Crippen LogP contribution in [0, 0.1) is 0 Å². The third kappa shape index (κ3) is 3.05. The number of likely N-dealkylation sites (tertiary alicyclic amines) is 1. The number of rotatable bonds is 3. The first-order chi connectivity index (χ1) is 10.8. The molecule has 0 saturated carbocycles. The number of anilines is 1. The van der Waals surface area contributed by atoms with Gasteiger partial charge in [0.1, 0.15) is 11.5 Å². The maximum absolute atomic E-state index is 12.5. The number of hydrogen-bond donors (Lipinski definition) is 1. The summed E-state index contributed by atoms with van der Waals surface area (Å²) in [5.41, 5.74) is 1.43. The van der Waals surface area contributed by atoms with Gasteiger partial charge < -0.3 is 10.2 Å². The molecule has 6 heteroatoms. The summed E-state index contributed by atoms with van der Waals surface area (Å²) in [7, 11) is 1.86. The van der Waals surface area contributed by atoms with E-state index in [0.29, 0.717) is 12.2 Å². The van der Waals surface area contributed by atoms with Crippen molar-refractivity contribution in [2.24, 2.45) is 0 Å². The monoisotopic (exact) mass is 297 g/mol. The van der Waals surface area contributed by atoms with Crippen molar-refractivity contribution in [3.05, 3.63) is 48.2 Å². The Morgan fingerprint density at radius 2 is 2.27 bits per heavy atom. The first kappa shape index (κ1) is 14.4. The quantitative estimate of drug-likeness (QED) is 0.937. The number of aromatic nitrogens is 3. The second-order valence-electron chi connectivity index (χ2n) is 5.38. The van der Waals surface area contributed by atoms with Crippen LogP contribution in [-0.2, 0) is 0 Å². The van der Waals surface area contributed by atoms with E-state index in [-0.39, 0.29) is 11.8 Å². The molecule has 1 N–H and O–H groups in total. The van der Waals surface area contributed by atoms with E-state index in [1.807, 2.05) is 30.1 Å². The predicted octanol–water partition coefficient (Wildman–Crippen LogP) is 1.93. The van der Waals surface area contributed by atoms with Crippen LogP contribution in [0.1, 0.15) is 34.9 Å². The maximum atomic E-state index is 12.5.